The lowest BCUT2D eigenvalue weighted by atomic mass is 10.2. The number of pyridine rings is 1. The van der Waals surface area contributed by atoms with Gasteiger partial charge in [0.05, 0.1) is 28.7 Å². The Morgan fingerprint density at radius 2 is 2.00 bits per heavy atom. The topological polar surface area (TPSA) is 149 Å². The molecule has 0 atom stereocenters. The van der Waals surface area contributed by atoms with Crippen molar-refractivity contribution in [2.45, 2.75) is 32.9 Å². The predicted molar refractivity (Wildman–Crippen MR) is 124 cm³/mol. The number of fused-ring (bicyclic) bond motifs is 3. The maximum Gasteiger partial charge on any atom is 0.319 e. The molecule has 1 aromatic carbocycles. The number of urea groups is 1. The van der Waals surface area contributed by atoms with Crippen molar-refractivity contribution in [1.29, 1.82) is 0 Å². The molecule has 5 N–H and O–H groups in total. The van der Waals surface area contributed by atoms with Gasteiger partial charge in [-0.1, -0.05) is 25.1 Å². The number of hydrogen-bond acceptors (Lipinski definition) is 7. The van der Waals surface area contributed by atoms with Crippen LogP contribution < -0.4 is 16.8 Å². The summed E-state index contributed by atoms with van der Waals surface area (Å²) in [7, 11) is -3.19. The number of para-hydroxylation sites is 1. The number of nitrogen functional groups attached to an aromatic ring is 1. The molecule has 0 aliphatic carbocycles. The molecule has 10 nitrogen and oxygen atoms in total. The van der Waals surface area contributed by atoms with Gasteiger partial charge in [-0.3, -0.25) is 4.90 Å². The molecule has 3 heterocycles. The van der Waals surface area contributed by atoms with E-state index in [4.69, 9.17) is 16.5 Å². The number of nitrogens with zero attached hydrogens (tertiary/aromatic N) is 4. The maximum absolute atomic E-state index is 11.8. The van der Waals surface area contributed by atoms with E-state index in [2.05, 4.69) is 14.9 Å². The molecule has 170 valence electrons. The van der Waals surface area contributed by atoms with E-state index >= 15 is 0 Å². The number of hydrogen-bond donors (Lipinski definition) is 3. The largest absolute Gasteiger partial charge is 0.382 e. The zero-order chi connectivity index (χ0) is 22.9. The fourth-order valence-corrected chi connectivity index (χ4v) is 5.05. The summed E-state index contributed by atoms with van der Waals surface area (Å²) >= 11 is 0. The Hall–Kier alpha value is -3.18. The average Bonchev–Trinajstić information content (AvgIpc) is 3.09. The van der Waals surface area contributed by atoms with Crippen LogP contribution in [0.1, 0.15) is 25.6 Å². The minimum absolute atomic E-state index is 0.146. The quantitative estimate of drug-likeness (QED) is 0.414. The number of rotatable bonds is 9. The van der Waals surface area contributed by atoms with E-state index in [-0.39, 0.29) is 5.75 Å². The SMILES string of the molecule is CCNCc1nc2c(N)nc3ccccc3c2n1CCCCN(C(N)=O)C1=CS(=O)(=O)C1. The third-order valence-electron chi connectivity index (χ3n) is 5.51. The molecular weight excluding hydrogens is 430 g/mol. The van der Waals surface area contributed by atoms with Crippen molar-refractivity contribution >= 4 is 43.6 Å². The van der Waals surface area contributed by atoms with Crippen LogP contribution in [0.5, 0.6) is 0 Å². The Morgan fingerprint density at radius 1 is 1.25 bits per heavy atom. The number of aromatic nitrogens is 3. The molecule has 0 unspecified atom stereocenters. The van der Waals surface area contributed by atoms with Crippen molar-refractivity contribution < 1.29 is 13.2 Å². The highest BCUT2D eigenvalue weighted by molar-refractivity contribution is 7.95. The van der Waals surface area contributed by atoms with Gasteiger partial charge in [-0.25, -0.2) is 23.2 Å². The average molecular weight is 458 g/mol. The Bertz CT molecular complexity index is 1310. The van der Waals surface area contributed by atoms with E-state index in [0.29, 0.717) is 43.1 Å². The Kier molecular flexibility index (Phi) is 6.02. The minimum atomic E-state index is -3.19. The van der Waals surface area contributed by atoms with Crippen LogP contribution >= 0.6 is 0 Å². The zero-order valence-corrected chi connectivity index (χ0v) is 18.7. The van der Waals surface area contributed by atoms with Crippen molar-refractivity contribution in [3.63, 3.8) is 0 Å². The van der Waals surface area contributed by atoms with Crippen LogP contribution in [0.2, 0.25) is 0 Å². The number of anilines is 1. The molecule has 0 saturated carbocycles. The third kappa shape index (κ3) is 4.26. The van der Waals surface area contributed by atoms with Crippen molar-refractivity contribution in [1.82, 2.24) is 24.8 Å². The molecule has 0 fully saturated rings. The first kappa shape index (κ1) is 22.0. The molecule has 0 saturated heterocycles. The summed E-state index contributed by atoms with van der Waals surface area (Å²) in [6.07, 6.45) is 1.39. The van der Waals surface area contributed by atoms with E-state index in [1.54, 1.807) is 0 Å². The van der Waals surface area contributed by atoms with Crippen LogP contribution in [-0.2, 0) is 22.9 Å². The second kappa shape index (κ2) is 8.75. The third-order valence-corrected chi connectivity index (χ3v) is 6.84. The Balaban J connectivity index is 1.58. The van der Waals surface area contributed by atoms with Gasteiger partial charge in [-0.05, 0) is 25.5 Å². The smallest absolute Gasteiger partial charge is 0.319 e. The van der Waals surface area contributed by atoms with Crippen molar-refractivity contribution in [2.75, 3.05) is 24.6 Å². The van der Waals surface area contributed by atoms with Crippen molar-refractivity contribution in [2.24, 2.45) is 5.73 Å². The Morgan fingerprint density at radius 3 is 2.69 bits per heavy atom. The zero-order valence-electron chi connectivity index (χ0n) is 17.9. The molecule has 4 rings (SSSR count). The van der Waals surface area contributed by atoms with E-state index < -0.39 is 15.9 Å². The van der Waals surface area contributed by atoms with Crippen LogP contribution in [-0.4, -0.2) is 52.7 Å². The van der Waals surface area contributed by atoms with Crippen LogP contribution in [0.4, 0.5) is 10.6 Å². The van der Waals surface area contributed by atoms with Gasteiger partial charge in [0.15, 0.2) is 15.7 Å². The molecule has 11 heteroatoms. The number of benzene rings is 1. The summed E-state index contributed by atoms with van der Waals surface area (Å²) in [6, 6.07) is 7.19. The number of carbonyl (C=O) groups excluding carboxylic acids is 1. The number of nitrogens with two attached hydrogens (primary N) is 2. The van der Waals surface area contributed by atoms with Gasteiger partial charge < -0.3 is 21.4 Å². The molecule has 32 heavy (non-hydrogen) atoms. The number of primary amides is 1. The molecule has 0 spiro atoms. The Labute approximate surface area is 186 Å². The molecular formula is C21H27N7O3S. The van der Waals surface area contributed by atoms with Crippen LogP contribution in [0.25, 0.3) is 21.9 Å². The molecule has 1 aliphatic heterocycles. The first-order valence-corrected chi connectivity index (χ1v) is 12.3. The summed E-state index contributed by atoms with van der Waals surface area (Å²) in [5.74, 6) is 1.12. The molecule has 1 aliphatic rings. The van der Waals surface area contributed by atoms with Gasteiger partial charge in [0, 0.05) is 24.2 Å². The first-order valence-electron chi connectivity index (χ1n) is 10.5. The highest BCUT2D eigenvalue weighted by atomic mass is 32.2. The normalized spacial score (nSPS) is 15.0. The number of carbonyl (C=O) groups is 1. The second-order valence-electron chi connectivity index (χ2n) is 7.78. The second-order valence-corrected chi connectivity index (χ2v) is 9.63. The van der Waals surface area contributed by atoms with Gasteiger partial charge in [0.2, 0.25) is 0 Å². The van der Waals surface area contributed by atoms with E-state index in [0.717, 1.165) is 40.6 Å². The van der Waals surface area contributed by atoms with Crippen molar-refractivity contribution in [3.05, 3.63) is 41.2 Å². The van der Waals surface area contributed by atoms with Crippen LogP contribution in [0, 0.1) is 0 Å². The fourth-order valence-electron chi connectivity index (χ4n) is 3.98. The summed E-state index contributed by atoms with van der Waals surface area (Å²) < 4.78 is 25.0. The maximum atomic E-state index is 11.8. The van der Waals surface area contributed by atoms with Gasteiger partial charge in [0.25, 0.3) is 0 Å². The van der Waals surface area contributed by atoms with Gasteiger partial charge in [0.1, 0.15) is 11.3 Å². The van der Waals surface area contributed by atoms with Gasteiger partial charge in [-0.2, -0.15) is 0 Å². The lowest BCUT2D eigenvalue weighted by Gasteiger charge is -2.27. The predicted octanol–water partition coefficient (Wildman–Crippen LogP) is 1.71. The summed E-state index contributed by atoms with van der Waals surface area (Å²) in [4.78, 5) is 22.4. The van der Waals surface area contributed by atoms with E-state index in [9.17, 15) is 13.2 Å². The highest BCUT2D eigenvalue weighted by Gasteiger charge is 2.29. The number of nitrogens with one attached hydrogen (secondary N) is 1. The fraction of sp³-hybridized carbons (Fsp3) is 0.381. The molecule has 2 aromatic heterocycles. The standard InChI is InChI=1S/C21H27N7O3S/c1-2-24-11-17-26-18-19(15-7-3-4-8-16(15)25-20(18)22)28(17)10-6-5-9-27(21(23)29)14-12-32(30,31)13-14/h3-4,7-8,12,24H,2,5-6,9-11,13H2,1H3,(H2,22,25)(H2,23,29). The number of imidazole rings is 1. The summed E-state index contributed by atoms with van der Waals surface area (Å²) in [5, 5.41) is 5.41. The number of aryl methyl sites for hydroxylation is 1. The summed E-state index contributed by atoms with van der Waals surface area (Å²) in [5.41, 5.74) is 14.6. The van der Waals surface area contributed by atoms with Crippen LogP contribution in [0.15, 0.2) is 35.4 Å². The molecule has 0 bridgehead atoms. The highest BCUT2D eigenvalue weighted by Crippen LogP contribution is 2.29. The molecule has 2 amide bonds. The van der Waals surface area contributed by atoms with Gasteiger partial charge in [-0.15, -0.1) is 0 Å². The molecule has 3 aromatic rings. The number of unbranched alkanes of at least 4 members (excludes halogenated alkanes) is 1. The lowest BCUT2D eigenvalue weighted by Crippen LogP contribution is -2.41. The van der Waals surface area contributed by atoms with E-state index in [1.807, 2.05) is 31.2 Å². The van der Waals surface area contributed by atoms with E-state index in [1.165, 1.54) is 4.90 Å². The van der Waals surface area contributed by atoms with Crippen LogP contribution in [0.3, 0.4) is 0 Å². The summed E-state index contributed by atoms with van der Waals surface area (Å²) in [6.45, 7) is 4.46. The number of sulfone groups is 1. The first-order chi connectivity index (χ1) is 15.3. The number of amides is 2. The monoisotopic (exact) mass is 457 g/mol. The van der Waals surface area contributed by atoms with Gasteiger partial charge >= 0.3 is 6.03 Å². The minimum Gasteiger partial charge on any atom is -0.382 e. The lowest BCUT2D eigenvalue weighted by molar-refractivity contribution is 0.219. The molecule has 0 radical (unpaired) electrons. The van der Waals surface area contributed by atoms with Crippen molar-refractivity contribution in [3.8, 4) is 0 Å².